The summed E-state index contributed by atoms with van der Waals surface area (Å²) in [6.07, 6.45) is 1.59. The standard InChI is InChI=1S/C28H36BrF2N3O5S.C2HF3O2/c1-38-25-17-20(7-12-24(25)29)28(30,31)26(27(35)34-15-13-21(32)14-16-34)33-40(36,37)23-10-8-22(9-11-23)39-18-19-5-3-2-4-6-19;3-2(4,5)1(6)7/h7-12,17,19,21,26,33H,2-6,13-16,18,32H2,1H3;(H,6,7)/t26-;/m1./s1. The summed E-state index contributed by atoms with van der Waals surface area (Å²) in [5.41, 5.74) is 5.36. The summed E-state index contributed by atoms with van der Waals surface area (Å²) in [6.45, 7) is 0.860. The van der Waals surface area contributed by atoms with E-state index in [0.29, 0.717) is 35.6 Å². The fourth-order valence-electron chi connectivity index (χ4n) is 5.12. The summed E-state index contributed by atoms with van der Waals surface area (Å²) < 4.78 is 104. The number of likely N-dealkylation sites (tertiary alicyclic amines) is 1. The van der Waals surface area contributed by atoms with Gasteiger partial charge in [0.15, 0.2) is 6.04 Å². The number of hydrogen-bond acceptors (Lipinski definition) is 7. The lowest BCUT2D eigenvalue weighted by Crippen LogP contribution is -2.58. The molecule has 47 heavy (non-hydrogen) atoms. The Morgan fingerprint density at radius 2 is 1.60 bits per heavy atom. The molecule has 0 unspecified atom stereocenters. The van der Waals surface area contributed by atoms with Crippen molar-refractivity contribution in [3.8, 4) is 11.5 Å². The van der Waals surface area contributed by atoms with E-state index in [2.05, 4.69) is 15.9 Å². The number of nitrogens with one attached hydrogen (secondary N) is 1. The van der Waals surface area contributed by atoms with Crippen molar-refractivity contribution in [3.63, 3.8) is 0 Å². The Morgan fingerprint density at radius 1 is 1.02 bits per heavy atom. The molecule has 1 aliphatic carbocycles. The van der Waals surface area contributed by atoms with Crippen molar-refractivity contribution in [1.29, 1.82) is 0 Å². The lowest BCUT2D eigenvalue weighted by atomic mass is 9.90. The number of methoxy groups -OCH3 is 1. The number of rotatable bonds is 10. The zero-order valence-electron chi connectivity index (χ0n) is 25.4. The quantitative estimate of drug-likeness (QED) is 0.272. The molecule has 1 saturated heterocycles. The van der Waals surface area contributed by atoms with Gasteiger partial charge in [-0.2, -0.15) is 26.7 Å². The molecule has 17 heteroatoms. The van der Waals surface area contributed by atoms with Crippen LogP contribution >= 0.6 is 15.9 Å². The van der Waals surface area contributed by atoms with Crippen molar-refractivity contribution in [1.82, 2.24) is 9.62 Å². The lowest BCUT2D eigenvalue weighted by molar-refractivity contribution is -0.192. The number of amides is 1. The smallest absolute Gasteiger partial charge is 0.490 e. The van der Waals surface area contributed by atoms with Gasteiger partial charge in [-0.05, 0) is 83.9 Å². The average molecular weight is 759 g/mol. The van der Waals surface area contributed by atoms with Crippen molar-refractivity contribution >= 4 is 37.8 Å². The Balaban J connectivity index is 0.000000771. The molecule has 262 valence electrons. The van der Waals surface area contributed by atoms with Crippen LogP contribution in [0.3, 0.4) is 0 Å². The molecule has 1 aliphatic heterocycles. The van der Waals surface area contributed by atoms with E-state index < -0.39 is 45.6 Å². The van der Waals surface area contributed by atoms with E-state index in [1.54, 1.807) is 0 Å². The summed E-state index contributed by atoms with van der Waals surface area (Å²) >= 11 is 3.23. The monoisotopic (exact) mass is 757 g/mol. The molecule has 2 aromatic rings. The molecule has 2 fully saturated rings. The SMILES string of the molecule is COc1cc(C(F)(F)[C@H](NS(=O)(=O)c2ccc(OCC3CCCCC3)cc2)C(=O)N2CCC(N)CC2)ccc1Br.O=C(O)C(F)(F)F. The van der Waals surface area contributed by atoms with Gasteiger partial charge in [-0.15, -0.1) is 0 Å². The Labute approximate surface area is 278 Å². The summed E-state index contributed by atoms with van der Waals surface area (Å²) in [5, 5.41) is 7.12. The Kier molecular flexibility index (Phi) is 13.4. The molecule has 1 atom stereocenters. The summed E-state index contributed by atoms with van der Waals surface area (Å²) in [6, 6.07) is 6.63. The average Bonchev–Trinajstić information content (AvgIpc) is 3.03. The largest absolute Gasteiger partial charge is 0.496 e. The second kappa shape index (κ2) is 16.4. The minimum atomic E-state index is -5.08. The van der Waals surface area contributed by atoms with Gasteiger partial charge in [0, 0.05) is 24.7 Å². The zero-order chi connectivity index (χ0) is 35.0. The number of aliphatic carboxylic acids is 1. The van der Waals surface area contributed by atoms with Crippen molar-refractivity contribution in [2.24, 2.45) is 11.7 Å². The van der Waals surface area contributed by atoms with Crippen LogP contribution in [-0.2, 0) is 25.5 Å². The molecule has 0 radical (unpaired) electrons. The number of benzene rings is 2. The summed E-state index contributed by atoms with van der Waals surface area (Å²) in [7, 11) is -3.19. The molecule has 2 aliphatic rings. The minimum absolute atomic E-state index is 0.124. The minimum Gasteiger partial charge on any atom is -0.496 e. The highest BCUT2D eigenvalue weighted by atomic mass is 79.9. The maximum atomic E-state index is 16.0. The molecule has 10 nitrogen and oxygen atoms in total. The zero-order valence-corrected chi connectivity index (χ0v) is 27.8. The maximum Gasteiger partial charge on any atom is 0.490 e. The normalized spacial score (nSPS) is 17.3. The molecule has 0 spiro atoms. The number of ether oxygens (including phenoxy) is 2. The summed E-state index contributed by atoms with van der Waals surface area (Å²) in [5.74, 6) is -6.59. The molecule has 1 heterocycles. The van der Waals surface area contributed by atoms with Crippen LogP contribution in [0.15, 0.2) is 51.8 Å². The number of halogens is 6. The van der Waals surface area contributed by atoms with Gasteiger partial charge in [-0.1, -0.05) is 25.3 Å². The van der Waals surface area contributed by atoms with Gasteiger partial charge in [-0.3, -0.25) is 4.79 Å². The first kappa shape index (κ1) is 38.4. The first-order valence-electron chi connectivity index (χ1n) is 14.8. The number of carboxylic acids is 1. The van der Waals surface area contributed by atoms with Gasteiger partial charge in [0.05, 0.1) is 23.1 Å². The van der Waals surface area contributed by atoms with Gasteiger partial charge in [0.25, 0.3) is 5.92 Å². The second-order valence-electron chi connectivity index (χ2n) is 11.3. The van der Waals surface area contributed by atoms with E-state index in [1.165, 1.54) is 61.6 Å². The van der Waals surface area contributed by atoms with Crippen molar-refractivity contribution in [2.75, 3.05) is 26.8 Å². The molecule has 2 aromatic carbocycles. The van der Waals surface area contributed by atoms with E-state index in [1.807, 2.05) is 4.72 Å². The number of piperidine rings is 1. The molecule has 0 aromatic heterocycles. The molecule has 0 bridgehead atoms. The maximum absolute atomic E-state index is 16.0. The Morgan fingerprint density at radius 3 is 2.13 bits per heavy atom. The lowest BCUT2D eigenvalue weighted by Gasteiger charge is -2.35. The third-order valence-electron chi connectivity index (χ3n) is 7.86. The number of carboxylic acid groups (broad SMARTS) is 1. The third kappa shape index (κ3) is 10.7. The number of sulfonamides is 1. The predicted octanol–water partition coefficient (Wildman–Crippen LogP) is 5.44. The van der Waals surface area contributed by atoms with Gasteiger partial charge in [-0.25, -0.2) is 13.2 Å². The number of alkyl halides is 5. The highest BCUT2D eigenvalue weighted by molar-refractivity contribution is 9.10. The number of nitrogens with zero attached hydrogens (tertiary/aromatic N) is 1. The number of nitrogens with two attached hydrogens (primary N) is 1. The van der Waals surface area contributed by atoms with Crippen molar-refractivity contribution < 1.29 is 54.5 Å². The first-order valence-corrected chi connectivity index (χ1v) is 17.0. The summed E-state index contributed by atoms with van der Waals surface area (Å²) in [4.78, 5) is 23.3. The molecular weight excluding hydrogens is 721 g/mol. The highest BCUT2D eigenvalue weighted by Gasteiger charge is 2.50. The number of carbonyl (C=O) groups is 2. The first-order chi connectivity index (χ1) is 22.0. The topological polar surface area (TPSA) is 148 Å². The number of hydrogen-bond donors (Lipinski definition) is 3. The third-order valence-corrected chi connectivity index (χ3v) is 9.95. The Hall–Kier alpha value is -3.02. The van der Waals surface area contributed by atoms with Gasteiger partial charge in [0.1, 0.15) is 11.5 Å². The van der Waals surface area contributed by atoms with Crippen LogP contribution in [0, 0.1) is 5.92 Å². The van der Waals surface area contributed by atoms with Crippen LogP contribution < -0.4 is 19.9 Å². The van der Waals surface area contributed by atoms with Crippen LogP contribution in [0.5, 0.6) is 11.5 Å². The van der Waals surface area contributed by atoms with Gasteiger partial charge >= 0.3 is 12.1 Å². The van der Waals surface area contributed by atoms with E-state index in [0.717, 1.165) is 25.0 Å². The van der Waals surface area contributed by atoms with E-state index in [9.17, 15) is 26.4 Å². The molecular formula is C30H37BrF5N3O7S. The van der Waals surface area contributed by atoms with Crippen LogP contribution in [-0.4, -0.2) is 75.4 Å². The van der Waals surface area contributed by atoms with Crippen LogP contribution in [0.25, 0.3) is 0 Å². The highest BCUT2D eigenvalue weighted by Crippen LogP contribution is 2.38. The van der Waals surface area contributed by atoms with Crippen molar-refractivity contribution in [2.45, 2.75) is 74.0 Å². The molecule has 1 amide bonds. The van der Waals surface area contributed by atoms with Gasteiger partial charge in [0.2, 0.25) is 15.9 Å². The molecule has 1 saturated carbocycles. The fraction of sp³-hybridized carbons (Fsp3) is 0.533. The van der Waals surface area contributed by atoms with Crippen LogP contribution in [0.4, 0.5) is 22.0 Å². The van der Waals surface area contributed by atoms with Crippen LogP contribution in [0.1, 0.15) is 50.5 Å². The predicted molar refractivity (Wildman–Crippen MR) is 165 cm³/mol. The van der Waals surface area contributed by atoms with E-state index >= 15 is 8.78 Å². The van der Waals surface area contributed by atoms with Crippen molar-refractivity contribution in [3.05, 3.63) is 52.5 Å². The van der Waals surface area contributed by atoms with Crippen LogP contribution in [0.2, 0.25) is 0 Å². The second-order valence-corrected chi connectivity index (χ2v) is 13.8. The fourth-order valence-corrected chi connectivity index (χ4v) is 6.72. The van der Waals surface area contributed by atoms with E-state index in [-0.39, 0.29) is 29.8 Å². The van der Waals surface area contributed by atoms with Gasteiger partial charge < -0.3 is 25.2 Å². The van der Waals surface area contributed by atoms with E-state index in [4.69, 9.17) is 25.1 Å². The number of carbonyl (C=O) groups excluding carboxylic acids is 1. The molecule has 4 N–H and O–H groups in total. The Bertz CT molecular complexity index is 1470. The molecule has 4 rings (SSSR count).